The van der Waals surface area contributed by atoms with Crippen molar-refractivity contribution >= 4 is 5.78 Å². The summed E-state index contributed by atoms with van der Waals surface area (Å²) in [4.78, 5) is 15.0. The van der Waals surface area contributed by atoms with Crippen molar-refractivity contribution in [2.24, 2.45) is 5.92 Å². The van der Waals surface area contributed by atoms with Crippen molar-refractivity contribution in [3.05, 3.63) is 65.2 Å². The molecule has 1 saturated carbocycles. The van der Waals surface area contributed by atoms with Crippen LogP contribution in [0, 0.1) is 12.8 Å². The number of phenolic OH excluding ortho intramolecular Hbond substituents is 1. The summed E-state index contributed by atoms with van der Waals surface area (Å²) >= 11 is 0. The van der Waals surface area contributed by atoms with Crippen LogP contribution < -0.4 is 0 Å². The first-order valence-electron chi connectivity index (χ1n) is 8.75. The topological polar surface area (TPSA) is 40.5 Å². The number of fused-ring (bicyclic) bond motifs is 3. The van der Waals surface area contributed by atoms with E-state index < -0.39 is 0 Å². The van der Waals surface area contributed by atoms with Crippen molar-refractivity contribution in [3.8, 4) is 5.75 Å². The van der Waals surface area contributed by atoms with Gasteiger partial charge in [-0.3, -0.25) is 9.69 Å². The standard InChI is InChI=1S/C21H23NO2/c1-14-3-2-4-15(11-14)13-22-17-7-10-19(20(24)12-17)21(22)16-5-8-18(23)9-6-16/h2-6,8-9,11,17,19,21,23H,7,10,12-13H2,1H3. The van der Waals surface area contributed by atoms with Crippen LogP contribution in [0.15, 0.2) is 48.5 Å². The van der Waals surface area contributed by atoms with Crippen molar-refractivity contribution in [1.82, 2.24) is 4.90 Å². The van der Waals surface area contributed by atoms with E-state index in [0.717, 1.165) is 24.9 Å². The molecule has 5 rings (SSSR count). The molecule has 0 radical (unpaired) electrons. The molecule has 0 aromatic heterocycles. The van der Waals surface area contributed by atoms with E-state index in [-0.39, 0.29) is 17.7 Å². The Morgan fingerprint density at radius 1 is 1.12 bits per heavy atom. The molecule has 1 N–H and O–H groups in total. The molecule has 2 heterocycles. The summed E-state index contributed by atoms with van der Waals surface area (Å²) in [5.74, 6) is 0.769. The minimum Gasteiger partial charge on any atom is -0.508 e. The number of hydrogen-bond donors (Lipinski definition) is 1. The normalized spacial score (nSPS) is 26.7. The Balaban J connectivity index is 1.69. The summed E-state index contributed by atoms with van der Waals surface area (Å²) in [6.07, 6.45) is 2.78. The van der Waals surface area contributed by atoms with E-state index in [1.165, 1.54) is 11.1 Å². The van der Waals surface area contributed by atoms with E-state index in [1.807, 2.05) is 12.1 Å². The minimum atomic E-state index is 0.0874. The fraction of sp³-hybridized carbons (Fsp3) is 0.381. The van der Waals surface area contributed by atoms with Crippen LogP contribution in [0.2, 0.25) is 0 Å². The SMILES string of the molecule is Cc1cccc(CN2C3CCC(C(=O)C3)C2c2ccc(O)cc2)c1. The second kappa shape index (κ2) is 6.06. The molecule has 24 heavy (non-hydrogen) atoms. The Hall–Kier alpha value is -2.13. The molecule has 1 aliphatic carbocycles. The van der Waals surface area contributed by atoms with Crippen molar-refractivity contribution in [2.75, 3.05) is 0 Å². The molecule has 0 amide bonds. The molecule has 3 nitrogen and oxygen atoms in total. The highest BCUT2D eigenvalue weighted by Gasteiger charge is 2.46. The van der Waals surface area contributed by atoms with E-state index in [2.05, 4.69) is 36.1 Å². The molecule has 3 fully saturated rings. The molecule has 2 aliphatic heterocycles. The number of rotatable bonds is 3. The van der Waals surface area contributed by atoms with E-state index in [1.54, 1.807) is 12.1 Å². The van der Waals surface area contributed by atoms with Crippen LogP contribution in [0.25, 0.3) is 0 Å². The third-order valence-corrected chi connectivity index (χ3v) is 5.55. The summed E-state index contributed by atoms with van der Waals surface area (Å²) < 4.78 is 0. The molecule has 2 aromatic rings. The lowest BCUT2D eigenvalue weighted by atomic mass is 9.71. The van der Waals surface area contributed by atoms with Crippen molar-refractivity contribution in [1.29, 1.82) is 0 Å². The summed E-state index contributed by atoms with van der Waals surface area (Å²) in [5.41, 5.74) is 3.72. The first-order chi connectivity index (χ1) is 11.6. The third kappa shape index (κ3) is 2.73. The third-order valence-electron chi connectivity index (χ3n) is 5.55. The molecule has 124 valence electrons. The number of nitrogens with zero attached hydrogens (tertiary/aromatic N) is 1. The van der Waals surface area contributed by atoms with Gasteiger partial charge in [-0.25, -0.2) is 0 Å². The van der Waals surface area contributed by atoms with Crippen molar-refractivity contribution < 1.29 is 9.90 Å². The lowest BCUT2D eigenvalue weighted by molar-refractivity contribution is -0.138. The fourth-order valence-corrected chi connectivity index (χ4v) is 4.44. The Bertz CT molecular complexity index is 753. The Labute approximate surface area is 142 Å². The molecular formula is C21H23NO2. The maximum absolute atomic E-state index is 12.5. The fourth-order valence-electron chi connectivity index (χ4n) is 4.44. The second-order valence-corrected chi connectivity index (χ2v) is 7.21. The number of ketones is 1. The number of aromatic hydroxyl groups is 1. The summed E-state index contributed by atoms with van der Waals surface area (Å²) in [6.45, 7) is 2.99. The van der Waals surface area contributed by atoms with Gasteiger partial charge in [0.05, 0.1) is 0 Å². The van der Waals surface area contributed by atoms with Gasteiger partial charge in [0, 0.05) is 31.0 Å². The number of Topliss-reactive ketones (excluding diaryl/α,β-unsaturated/α-hetero) is 1. The van der Waals surface area contributed by atoms with Crippen LogP contribution >= 0.6 is 0 Å². The van der Waals surface area contributed by atoms with Crippen LogP contribution in [0.1, 0.15) is 42.0 Å². The van der Waals surface area contributed by atoms with Gasteiger partial charge in [0.15, 0.2) is 0 Å². The summed E-state index contributed by atoms with van der Waals surface area (Å²) in [7, 11) is 0. The van der Waals surface area contributed by atoms with Crippen LogP contribution in [-0.4, -0.2) is 21.8 Å². The van der Waals surface area contributed by atoms with Gasteiger partial charge >= 0.3 is 0 Å². The Kier molecular flexibility index (Phi) is 3.89. The van der Waals surface area contributed by atoms with Gasteiger partial charge in [-0.05, 0) is 43.0 Å². The average Bonchev–Trinajstić information content (AvgIpc) is 2.57. The number of phenols is 1. The highest BCUT2D eigenvalue weighted by atomic mass is 16.3. The van der Waals surface area contributed by atoms with Crippen LogP contribution in [0.3, 0.4) is 0 Å². The molecule has 2 aromatic carbocycles. The quantitative estimate of drug-likeness (QED) is 0.929. The van der Waals surface area contributed by atoms with Gasteiger partial charge in [0.2, 0.25) is 0 Å². The number of benzene rings is 2. The number of aryl methyl sites for hydroxylation is 1. The highest BCUT2D eigenvalue weighted by Crippen LogP contribution is 2.46. The predicted octanol–water partition coefficient (Wildman–Crippen LogP) is 4.00. The van der Waals surface area contributed by atoms with E-state index in [4.69, 9.17) is 0 Å². The van der Waals surface area contributed by atoms with Crippen LogP contribution in [-0.2, 0) is 11.3 Å². The van der Waals surface area contributed by atoms with Crippen molar-refractivity contribution in [2.45, 2.75) is 44.8 Å². The van der Waals surface area contributed by atoms with E-state index in [0.29, 0.717) is 18.2 Å². The molecule has 3 heteroatoms. The molecule has 3 atom stereocenters. The maximum atomic E-state index is 12.5. The maximum Gasteiger partial charge on any atom is 0.139 e. The van der Waals surface area contributed by atoms with E-state index >= 15 is 0 Å². The Morgan fingerprint density at radius 2 is 1.92 bits per heavy atom. The number of piperidine rings is 2. The van der Waals surface area contributed by atoms with Gasteiger partial charge in [-0.1, -0.05) is 42.0 Å². The zero-order valence-electron chi connectivity index (χ0n) is 14.0. The van der Waals surface area contributed by atoms with E-state index in [9.17, 15) is 9.90 Å². The molecule has 2 bridgehead atoms. The smallest absolute Gasteiger partial charge is 0.139 e. The molecule has 3 aliphatic rings. The minimum absolute atomic E-state index is 0.0874. The van der Waals surface area contributed by atoms with Gasteiger partial charge in [0.1, 0.15) is 11.5 Å². The number of hydrogen-bond acceptors (Lipinski definition) is 3. The predicted molar refractivity (Wildman–Crippen MR) is 93.7 cm³/mol. The zero-order chi connectivity index (χ0) is 16.7. The van der Waals surface area contributed by atoms with Crippen LogP contribution in [0.4, 0.5) is 0 Å². The van der Waals surface area contributed by atoms with Crippen LogP contribution in [0.5, 0.6) is 5.75 Å². The molecule has 3 unspecified atom stereocenters. The largest absolute Gasteiger partial charge is 0.508 e. The van der Waals surface area contributed by atoms with Gasteiger partial charge < -0.3 is 5.11 Å². The first-order valence-corrected chi connectivity index (χ1v) is 8.75. The number of carbonyl (C=O) groups excluding carboxylic acids is 1. The summed E-state index contributed by atoms with van der Waals surface area (Å²) in [6, 6.07) is 16.5. The van der Waals surface area contributed by atoms with Gasteiger partial charge in [0.25, 0.3) is 0 Å². The lowest BCUT2D eigenvalue weighted by Gasteiger charge is -2.50. The lowest BCUT2D eigenvalue weighted by Crippen LogP contribution is -2.53. The molecule has 2 saturated heterocycles. The monoisotopic (exact) mass is 321 g/mol. The average molecular weight is 321 g/mol. The molecular weight excluding hydrogens is 298 g/mol. The number of carbonyl (C=O) groups is 1. The zero-order valence-corrected chi connectivity index (χ0v) is 14.0. The first kappa shape index (κ1) is 15.4. The highest BCUT2D eigenvalue weighted by molar-refractivity contribution is 5.84. The second-order valence-electron chi connectivity index (χ2n) is 7.21. The molecule has 0 spiro atoms. The summed E-state index contributed by atoms with van der Waals surface area (Å²) in [5, 5.41) is 9.59. The van der Waals surface area contributed by atoms with Gasteiger partial charge in [-0.15, -0.1) is 0 Å². The van der Waals surface area contributed by atoms with Crippen molar-refractivity contribution in [3.63, 3.8) is 0 Å². The van der Waals surface area contributed by atoms with Gasteiger partial charge in [-0.2, -0.15) is 0 Å². The Morgan fingerprint density at radius 3 is 2.62 bits per heavy atom.